The number of esters is 1. The molecule has 0 radical (unpaired) electrons. The van der Waals surface area contributed by atoms with E-state index in [1.54, 1.807) is 24.3 Å². The molecule has 0 aromatic heterocycles. The summed E-state index contributed by atoms with van der Waals surface area (Å²) in [6.45, 7) is 0.0447. The molecule has 0 saturated heterocycles. The lowest BCUT2D eigenvalue weighted by Gasteiger charge is -2.10. The first-order valence-electron chi connectivity index (χ1n) is 4.45. The number of rotatable bonds is 5. The van der Waals surface area contributed by atoms with Crippen molar-refractivity contribution in [1.82, 2.24) is 0 Å². The van der Waals surface area contributed by atoms with Gasteiger partial charge in [-0.1, -0.05) is 30.3 Å². The Kier molecular flexibility index (Phi) is 5.14. The molecule has 1 aromatic rings. The van der Waals surface area contributed by atoms with E-state index in [2.05, 4.69) is 4.52 Å². The molecule has 0 amide bonds. The Morgan fingerprint density at radius 3 is 2.62 bits per heavy atom. The van der Waals surface area contributed by atoms with E-state index in [4.69, 9.17) is 15.4 Å². The second-order valence-corrected chi connectivity index (χ2v) is 3.67. The van der Waals surface area contributed by atoms with Crippen molar-refractivity contribution >= 4 is 14.2 Å². The first-order chi connectivity index (χ1) is 7.59. The van der Waals surface area contributed by atoms with Crippen LogP contribution in [0.15, 0.2) is 30.3 Å². The Hall–Kier alpha value is -1.20. The van der Waals surface area contributed by atoms with Gasteiger partial charge in [-0.2, -0.15) is 0 Å². The van der Waals surface area contributed by atoms with E-state index in [1.165, 1.54) is 0 Å². The molecule has 0 spiro atoms. The number of benzene rings is 1. The molecule has 0 bridgehead atoms. The van der Waals surface area contributed by atoms with Gasteiger partial charge < -0.3 is 9.63 Å². The van der Waals surface area contributed by atoms with Crippen molar-refractivity contribution < 1.29 is 23.5 Å². The molecule has 0 fully saturated rings. The Bertz CT molecular complexity index is 369. The Labute approximate surface area is 92.9 Å². The van der Waals surface area contributed by atoms with Crippen LogP contribution in [0.1, 0.15) is 5.56 Å². The molecule has 1 rings (SSSR count). The molecule has 1 aromatic carbocycles. The zero-order valence-electron chi connectivity index (χ0n) is 8.33. The second-order valence-electron chi connectivity index (χ2n) is 2.90. The fourth-order valence-electron chi connectivity index (χ4n) is 0.968. The van der Waals surface area contributed by atoms with Crippen LogP contribution < -0.4 is 5.73 Å². The molecule has 2 unspecified atom stereocenters. The largest absolute Gasteiger partial charge is 0.458 e. The summed E-state index contributed by atoms with van der Waals surface area (Å²) in [6.07, 6.45) is -1.53. The van der Waals surface area contributed by atoms with Crippen LogP contribution in [0.2, 0.25) is 0 Å². The first kappa shape index (κ1) is 12.9. The highest BCUT2D eigenvalue weighted by molar-refractivity contribution is 7.32. The predicted octanol–water partition coefficient (Wildman–Crippen LogP) is 0.413. The highest BCUT2D eigenvalue weighted by Crippen LogP contribution is 2.16. The van der Waals surface area contributed by atoms with Gasteiger partial charge in [0.2, 0.25) is 6.23 Å². The maximum Gasteiger partial charge on any atom is 0.351 e. The van der Waals surface area contributed by atoms with Crippen molar-refractivity contribution in [1.29, 1.82) is 0 Å². The van der Waals surface area contributed by atoms with Crippen molar-refractivity contribution in [2.75, 3.05) is 0 Å². The normalized spacial score (nSPS) is 14.1. The number of hydrogen-bond acceptors (Lipinski definition) is 5. The van der Waals surface area contributed by atoms with Gasteiger partial charge in [-0.25, -0.2) is 4.79 Å². The molecular formula is C9H12NO5P. The van der Waals surface area contributed by atoms with Crippen molar-refractivity contribution in [3.05, 3.63) is 35.9 Å². The van der Waals surface area contributed by atoms with Crippen molar-refractivity contribution in [2.45, 2.75) is 12.8 Å². The molecule has 0 aliphatic rings. The minimum absolute atomic E-state index is 0.0447. The Morgan fingerprint density at radius 2 is 2.06 bits per heavy atom. The van der Waals surface area contributed by atoms with E-state index in [1.807, 2.05) is 6.07 Å². The zero-order valence-corrected chi connectivity index (χ0v) is 9.33. The molecule has 0 aliphatic heterocycles. The lowest BCUT2D eigenvalue weighted by Crippen LogP contribution is -2.33. The van der Waals surface area contributed by atoms with Gasteiger partial charge in [-0.3, -0.25) is 14.8 Å². The second kappa shape index (κ2) is 6.40. The van der Waals surface area contributed by atoms with Gasteiger partial charge in [0.05, 0.1) is 0 Å². The summed E-state index contributed by atoms with van der Waals surface area (Å²) in [5, 5.41) is 0. The monoisotopic (exact) mass is 245 g/mol. The number of carbonyl (C=O) groups is 1. The number of carbonyl (C=O) groups excluding carboxylic acids is 1. The van der Waals surface area contributed by atoms with Gasteiger partial charge in [0, 0.05) is 0 Å². The quantitative estimate of drug-likeness (QED) is 0.443. The van der Waals surface area contributed by atoms with E-state index < -0.39 is 20.5 Å². The van der Waals surface area contributed by atoms with Gasteiger partial charge in [-0.05, 0) is 5.56 Å². The third-order valence-corrected chi connectivity index (χ3v) is 2.14. The summed E-state index contributed by atoms with van der Waals surface area (Å²) in [5.74, 6) is -0.878. The van der Waals surface area contributed by atoms with Crippen LogP contribution >= 0.6 is 8.25 Å². The highest BCUT2D eigenvalue weighted by atomic mass is 31.1. The summed E-state index contributed by atoms with van der Waals surface area (Å²) in [7, 11) is -3.24. The molecule has 0 aliphatic carbocycles. The standard InChI is InChI=1S/C9H12NO5P/c10-8(15-16(12)13)9(11)14-6-7-4-2-1-3-5-7/h1-5,8,16H,6,10H2,(H,12,13). The van der Waals surface area contributed by atoms with E-state index >= 15 is 0 Å². The van der Waals surface area contributed by atoms with Crippen LogP contribution in [0.25, 0.3) is 0 Å². The zero-order chi connectivity index (χ0) is 12.0. The minimum atomic E-state index is -3.24. The van der Waals surface area contributed by atoms with Crippen molar-refractivity contribution in [2.24, 2.45) is 5.73 Å². The van der Waals surface area contributed by atoms with E-state index in [0.29, 0.717) is 0 Å². The average Bonchev–Trinajstić information content (AvgIpc) is 2.26. The average molecular weight is 245 g/mol. The Morgan fingerprint density at radius 1 is 1.44 bits per heavy atom. The summed E-state index contributed by atoms with van der Waals surface area (Å²) in [4.78, 5) is 19.5. The van der Waals surface area contributed by atoms with Crippen LogP contribution in [0.3, 0.4) is 0 Å². The van der Waals surface area contributed by atoms with Gasteiger partial charge >= 0.3 is 14.2 Å². The number of nitrogens with two attached hydrogens (primary N) is 1. The fourth-order valence-corrected chi connectivity index (χ4v) is 1.28. The SMILES string of the molecule is NC(O[PH](=O)O)C(=O)OCc1ccccc1. The molecule has 7 heteroatoms. The van der Waals surface area contributed by atoms with Crippen molar-refractivity contribution in [3.8, 4) is 0 Å². The number of hydrogen-bond donors (Lipinski definition) is 2. The smallest absolute Gasteiger partial charge is 0.351 e. The van der Waals surface area contributed by atoms with Crippen molar-refractivity contribution in [3.63, 3.8) is 0 Å². The lowest BCUT2D eigenvalue weighted by molar-refractivity contribution is -0.153. The molecule has 0 saturated carbocycles. The van der Waals surface area contributed by atoms with Gasteiger partial charge in [0.25, 0.3) is 0 Å². The van der Waals surface area contributed by atoms with Crippen LogP contribution in [-0.2, 0) is 25.2 Å². The maximum absolute atomic E-state index is 11.1. The molecule has 0 heterocycles. The summed E-state index contributed by atoms with van der Waals surface area (Å²) < 4.78 is 19.2. The third kappa shape index (κ3) is 4.55. The van der Waals surface area contributed by atoms with E-state index in [0.717, 1.165) is 5.56 Å². The molecule has 6 nitrogen and oxygen atoms in total. The summed E-state index contributed by atoms with van der Waals surface area (Å²) in [5.41, 5.74) is 5.94. The minimum Gasteiger partial charge on any atom is -0.458 e. The fraction of sp³-hybridized carbons (Fsp3) is 0.222. The lowest BCUT2D eigenvalue weighted by atomic mass is 10.2. The summed E-state index contributed by atoms with van der Waals surface area (Å²) >= 11 is 0. The van der Waals surface area contributed by atoms with Gasteiger partial charge in [-0.15, -0.1) is 0 Å². The first-order valence-corrected chi connectivity index (χ1v) is 5.71. The van der Waals surface area contributed by atoms with E-state index in [-0.39, 0.29) is 6.61 Å². The van der Waals surface area contributed by atoms with Crippen LogP contribution in [0.5, 0.6) is 0 Å². The van der Waals surface area contributed by atoms with Gasteiger partial charge in [0.1, 0.15) is 6.61 Å². The molecular weight excluding hydrogens is 233 g/mol. The third-order valence-electron chi connectivity index (χ3n) is 1.68. The Balaban J connectivity index is 2.38. The summed E-state index contributed by atoms with van der Waals surface area (Å²) in [6, 6.07) is 8.97. The van der Waals surface area contributed by atoms with Crippen LogP contribution in [0, 0.1) is 0 Å². The molecule has 3 N–H and O–H groups in total. The van der Waals surface area contributed by atoms with Crippen LogP contribution in [-0.4, -0.2) is 17.1 Å². The molecule has 88 valence electrons. The van der Waals surface area contributed by atoms with Crippen LogP contribution in [0.4, 0.5) is 0 Å². The van der Waals surface area contributed by atoms with Gasteiger partial charge in [0.15, 0.2) is 0 Å². The molecule has 2 atom stereocenters. The molecule has 16 heavy (non-hydrogen) atoms. The van der Waals surface area contributed by atoms with E-state index in [9.17, 15) is 9.36 Å². The maximum atomic E-state index is 11.1. The predicted molar refractivity (Wildman–Crippen MR) is 56.5 cm³/mol. The number of ether oxygens (including phenoxy) is 1. The highest BCUT2D eigenvalue weighted by Gasteiger charge is 2.17. The topological polar surface area (TPSA) is 98.9 Å².